The summed E-state index contributed by atoms with van der Waals surface area (Å²) in [4.78, 5) is 35.1. The molecule has 3 aromatic rings. The van der Waals surface area contributed by atoms with Crippen LogP contribution in [0.15, 0.2) is 53.6 Å². The second-order valence-electron chi connectivity index (χ2n) is 15.9. The Morgan fingerprint density at radius 3 is 2.44 bits per heavy atom. The third-order valence-corrected chi connectivity index (χ3v) is 12.1. The number of hydrogen-bond acceptors (Lipinski definition) is 11. The summed E-state index contributed by atoms with van der Waals surface area (Å²) in [5, 5.41) is 5.65. The van der Waals surface area contributed by atoms with Gasteiger partial charge in [-0.2, -0.15) is 0 Å². The van der Waals surface area contributed by atoms with Crippen molar-refractivity contribution in [3.05, 3.63) is 59.9 Å². The molecule has 2 atom stereocenters. The van der Waals surface area contributed by atoms with Crippen LogP contribution >= 0.6 is 0 Å². The van der Waals surface area contributed by atoms with E-state index in [2.05, 4.69) is 20.6 Å². The van der Waals surface area contributed by atoms with Gasteiger partial charge >= 0.3 is 6.09 Å². The van der Waals surface area contributed by atoms with Crippen molar-refractivity contribution < 1.29 is 37.0 Å². The number of nitrogen functional groups attached to an aromatic ring is 1. The average molecular weight is 766 g/mol. The van der Waals surface area contributed by atoms with Gasteiger partial charge in [0.05, 0.1) is 39.4 Å². The zero-order valence-electron chi connectivity index (χ0n) is 32.3. The molecule has 6 rings (SSSR count). The predicted molar refractivity (Wildman–Crippen MR) is 207 cm³/mol. The number of amides is 2. The van der Waals surface area contributed by atoms with Gasteiger partial charge in [0.1, 0.15) is 11.4 Å². The second-order valence-corrected chi connectivity index (χ2v) is 18.5. The maximum Gasteiger partial charge on any atom is 0.407 e. The van der Waals surface area contributed by atoms with Crippen molar-refractivity contribution >= 4 is 33.3 Å². The van der Waals surface area contributed by atoms with Gasteiger partial charge in [0.15, 0.2) is 27.6 Å². The van der Waals surface area contributed by atoms with Gasteiger partial charge in [0.25, 0.3) is 5.91 Å². The molecule has 0 saturated carbocycles. The highest BCUT2D eigenvalue weighted by Crippen LogP contribution is 2.39. The molecule has 2 aromatic carbocycles. The molecule has 1 aromatic heterocycles. The van der Waals surface area contributed by atoms with Gasteiger partial charge in [-0.25, -0.2) is 23.2 Å². The van der Waals surface area contributed by atoms with Gasteiger partial charge in [-0.1, -0.05) is 43.5 Å². The first kappa shape index (κ1) is 40.9. The van der Waals surface area contributed by atoms with Gasteiger partial charge < -0.3 is 35.3 Å². The smallest absolute Gasteiger partial charge is 0.407 e. The number of fused-ring (bicyclic) bond motifs is 13. The third kappa shape index (κ3) is 10.5. The molecule has 0 spiro atoms. The summed E-state index contributed by atoms with van der Waals surface area (Å²) in [6.45, 7) is 11.9. The lowest BCUT2D eigenvalue weighted by atomic mass is 9.88. The van der Waals surface area contributed by atoms with E-state index in [4.69, 9.17) is 24.7 Å². The molecular formula is C40H55N5O8S. The Hall–Kier alpha value is -4.27. The number of ether oxygens (including phenoxy) is 4. The van der Waals surface area contributed by atoms with Crippen LogP contribution in [0.4, 0.5) is 16.3 Å². The maximum atomic E-state index is 14.2. The molecule has 13 nitrogen and oxygen atoms in total. The minimum atomic E-state index is -3.82. The number of para-hydroxylation sites is 1. The summed E-state index contributed by atoms with van der Waals surface area (Å²) in [5.41, 5.74) is 6.50. The fourth-order valence-corrected chi connectivity index (χ4v) is 8.55. The summed E-state index contributed by atoms with van der Waals surface area (Å²) in [7, 11) is -3.82. The first-order valence-electron chi connectivity index (χ1n) is 18.8. The number of nitrogens with one attached hydrogen (secondary N) is 2. The number of nitrogens with two attached hydrogens (primary N) is 1. The van der Waals surface area contributed by atoms with Crippen molar-refractivity contribution in [3.63, 3.8) is 0 Å². The summed E-state index contributed by atoms with van der Waals surface area (Å²) in [5.74, 6) is -0.295. The van der Waals surface area contributed by atoms with Crippen LogP contribution in [0.25, 0.3) is 11.3 Å². The number of carbonyl (C=O) groups is 2. The molecule has 1 saturated heterocycles. The monoisotopic (exact) mass is 765 g/mol. The number of alkyl carbamates (subject to hydrolysis) is 1. The molecule has 294 valence electrons. The minimum absolute atomic E-state index is 0.0826. The fraction of sp³-hybridized carbons (Fsp3) is 0.550. The SMILES string of the molecule is CC(C)(C)OC(=O)NCc1cccc2c1OCCCCCCC(C)(OC1CCCCO1)CC(C)(C)S(=O)(=O)c1ccc(cc1)-c1cnc(N)c(n1)C(=O)N2. The molecular weight excluding hydrogens is 711 g/mol. The Bertz CT molecular complexity index is 1890. The van der Waals surface area contributed by atoms with Gasteiger partial charge in [-0.15, -0.1) is 0 Å². The molecule has 4 N–H and O–H groups in total. The fourth-order valence-electron chi connectivity index (χ4n) is 6.92. The number of rotatable bonds is 4. The standard InChI is InChI=1S/C40H55N5O8S/c1-38(2,3)53-37(47)43-24-28-14-13-15-30-34(28)51-23-11-8-7-10-21-40(6,52-32-16-9-12-22-50-32)26-39(4,5)54(48,49)29-19-17-27(18-20-29)31-25-42-35(41)33(44-31)36(46)45-30/h13-15,17-20,25,32H,7-12,16,21-24,26H2,1-6H3,(H2,41,42)(H,43,47)(H,45,46). The van der Waals surface area contributed by atoms with Gasteiger partial charge in [0, 0.05) is 24.3 Å². The Morgan fingerprint density at radius 1 is 1.02 bits per heavy atom. The summed E-state index contributed by atoms with van der Waals surface area (Å²) in [6, 6.07) is 11.7. The molecule has 4 bridgehead atoms. The molecule has 0 radical (unpaired) electrons. The van der Waals surface area contributed by atoms with Crippen LogP contribution < -0.4 is 21.1 Å². The van der Waals surface area contributed by atoms with Crippen LogP contribution in [-0.4, -0.2) is 65.8 Å². The van der Waals surface area contributed by atoms with Crippen LogP contribution in [0, 0.1) is 0 Å². The number of sulfone groups is 1. The van der Waals surface area contributed by atoms with E-state index in [1.54, 1.807) is 71.0 Å². The quantitative estimate of drug-likeness (QED) is 0.238. The molecule has 4 heterocycles. The summed E-state index contributed by atoms with van der Waals surface area (Å²) >= 11 is 0. The summed E-state index contributed by atoms with van der Waals surface area (Å²) in [6.07, 6.45) is 7.38. The van der Waals surface area contributed by atoms with Crippen LogP contribution in [0.2, 0.25) is 0 Å². The van der Waals surface area contributed by atoms with Crippen molar-refractivity contribution in [3.8, 4) is 17.0 Å². The topological polar surface area (TPSA) is 181 Å². The van der Waals surface area contributed by atoms with Gasteiger partial charge in [-0.3, -0.25) is 4.79 Å². The van der Waals surface area contributed by atoms with Gasteiger partial charge in [-0.05, 0) is 98.3 Å². The Labute approximate surface area is 319 Å². The molecule has 3 aliphatic rings. The predicted octanol–water partition coefficient (Wildman–Crippen LogP) is 7.59. The molecule has 2 amide bonds. The van der Waals surface area contributed by atoms with Crippen molar-refractivity contribution in [2.45, 2.75) is 133 Å². The van der Waals surface area contributed by atoms with Crippen LogP contribution in [0.3, 0.4) is 0 Å². The molecule has 54 heavy (non-hydrogen) atoms. The minimum Gasteiger partial charge on any atom is -0.491 e. The van der Waals surface area contributed by atoms with E-state index in [9.17, 15) is 18.0 Å². The molecule has 14 heteroatoms. The lowest BCUT2D eigenvalue weighted by Crippen LogP contribution is -2.45. The van der Waals surface area contributed by atoms with E-state index in [1.807, 2.05) is 13.0 Å². The number of carbonyl (C=O) groups excluding carboxylic acids is 2. The average Bonchev–Trinajstić information content (AvgIpc) is 3.10. The van der Waals surface area contributed by atoms with Crippen molar-refractivity contribution in [1.82, 2.24) is 15.3 Å². The number of benzene rings is 2. The third-order valence-electron chi connectivity index (χ3n) is 9.57. The molecule has 3 aliphatic heterocycles. The highest BCUT2D eigenvalue weighted by Gasteiger charge is 2.44. The van der Waals surface area contributed by atoms with Crippen LogP contribution in [-0.2, 0) is 30.6 Å². The first-order valence-corrected chi connectivity index (χ1v) is 20.2. The highest BCUT2D eigenvalue weighted by molar-refractivity contribution is 7.92. The number of anilines is 2. The van der Waals surface area contributed by atoms with E-state index < -0.39 is 37.8 Å². The van der Waals surface area contributed by atoms with Crippen LogP contribution in [0.5, 0.6) is 5.75 Å². The molecule has 1 fully saturated rings. The maximum absolute atomic E-state index is 14.2. The lowest BCUT2D eigenvalue weighted by Gasteiger charge is -2.40. The highest BCUT2D eigenvalue weighted by atomic mass is 32.2. The van der Waals surface area contributed by atoms with Crippen molar-refractivity contribution in [2.24, 2.45) is 0 Å². The zero-order chi connectivity index (χ0) is 39.1. The van der Waals surface area contributed by atoms with E-state index in [0.29, 0.717) is 54.3 Å². The number of nitrogens with zero attached hydrogens (tertiary/aromatic N) is 2. The second kappa shape index (κ2) is 17.0. The number of aromatic nitrogens is 2. The summed E-state index contributed by atoms with van der Waals surface area (Å²) < 4.78 is 51.5. The van der Waals surface area contributed by atoms with E-state index in [0.717, 1.165) is 38.5 Å². The van der Waals surface area contributed by atoms with Gasteiger partial charge in [0.2, 0.25) is 0 Å². The van der Waals surface area contributed by atoms with E-state index in [-0.39, 0.29) is 35.7 Å². The van der Waals surface area contributed by atoms with E-state index >= 15 is 0 Å². The molecule has 2 unspecified atom stereocenters. The largest absolute Gasteiger partial charge is 0.491 e. The van der Waals surface area contributed by atoms with Crippen LogP contribution in [0.1, 0.15) is 115 Å². The Morgan fingerprint density at radius 2 is 1.74 bits per heavy atom. The molecule has 0 aliphatic carbocycles. The normalized spacial score (nSPS) is 22.3. The number of hydrogen-bond donors (Lipinski definition) is 3. The van der Waals surface area contributed by atoms with E-state index in [1.165, 1.54) is 6.20 Å². The lowest BCUT2D eigenvalue weighted by molar-refractivity contribution is -0.225. The Kier molecular flexibility index (Phi) is 12.9. The zero-order valence-corrected chi connectivity index (χ0v) is 33.1. The Balaban J connectivity index is 1.48. The first-order chi connectivity index (χ1) is 25.5. The van der Waals surface area contributed by atoms with Crippen molar-refractivity contribution in [1.29, 1.82) is 0 Å². The van der Waals surface area contributed by atoms with Crippen molar-refractivity contribution in [2.75, 3.05) is 24.3 Å².